The second-order valence-corrected chi connectivity index (χ2v) is 5.92. The number of carbonyl (C=O) groups excluding carboxylic acids is 1. The average molecular weight is 364 g/mol. The summed E-state index contributed by atoms with van der Waals surface area (Å²) in [5.41, 5.74) is 6.95. The molecule has 1 aliphatic rings. The minimum atomic E-state index is -0.0319. The lowest BCUT2D eigenvalue weighted by atomic mass is 10.0. The van der Waals surface area contributed by atoms with Gasteiger partial charge in [0.2, 0.25) is 0 Å². The van der Waals surface area contributed by atoms with E-state index in [9.17, 15) is 4.79 Å². The van der Waals surface area contributed by atoms with Gasteiger partial charge in [-0.05, 0) is 37.0 Å². The number of ether oxygens (including phenoxy) is 1. The first-order chi connectivity index (χ1) is 9.08. The summed E-state index contributed by atoms with van der Waals surface area (Å²) >= 11 is 3.34. The van der Waals surface area contributed by atoms with Crippen LogP contribution < -0.4 is 5.73 Å². The van der Waals surface area contributed by atoms with Crippen molar-refractivity contribution in [1.82, 2.24) is 4.90 Å². The normalized spacial score (nSPS) is 18.2. The zero-order chi connectivity index (χ0) is 13.8. The summed E-state index contributed by atoms with van der Waals surface area (Å²) in [6.45, 7) is 2.30. The van der Waals surface area contributed by atoms with Gasteiger partial charge in [0.25, 0.3) is 5.91 Å². The Morgan fingerprint density at radius 2 is 2.30 bits per heavy atom. The highest BCUT2D eigenvalue weighted by Gasteiger charge is 2.20. The van der Waals surface area contributed by atoms with Crippen LogP contribution in [0.1, 0.15) is 23.2 Å². The summed E-state index contributed by atoms with van der Waals surface area (Å²) in [7, 11) is 1.82. The molecule has 0 saturated carbocycles. The molecule has 1 fully saturated rings. The number of amides is 1. The van der Waals surface area contributed by atoms with Gasteiger partial charge in [0.1, 0.15) is 0 Å². The van der Waals surface area contributed by atoms with E-state index in [0.29, 0.717) is 23.7 Å². The molecule has 0 spiro atoms. The van der Waals surface area contributed by atoms with Gasteiger partial charge in [-0.1, -0.05) is 15.9 Å². The molecule has 4 nitrogen and oxygen atoms in total. The zero-order valence-electron chi connectivity index (χ0n) is 11.5. The molecule has 2 rings (SSSR count). The molecular formula is C14H20BrClN2O2. The van der Waals surface area contributed by atoms with E-state index < -0.39 is 0 Å². The van der Waals surface area contributed by atoms with Crippen LogP contribution in [0.15, 0.2) is 22.7 Å². The highest BCUT2D eigenvalue weighted by atomic mass is 79.9. The molecular weight excluding hydrogens is 344 g/mol. The lowest BCUT2D eigenvalue weighted by Crippen LogP contribution is -2.35. The molecule has 0 radical (unpaired) electrons. The predicted molar refractivity (Wildman–Crippen MR) is 86.3 cm³/mol. The van der Waals surface area contributed by atoms with Gasteiger partial charge >= 0.3 is 0 Å². The molecule has 1 unspecified atom stereocenters. The van der Waals surface area contributed by atoms with Crippen molar-refractivity contribution in [2.45, 2.75) is 12.8 Å². The monoisotopic (exact) mass is 362 g/mol. The highest BCUT2D eigenvalue weighted by molar-refractivity contribution is 9.10. The Bertz CT molecular complexity index is 464. The molecule has 0 aromatic heterocycles. The van der Waals surface area contributed by atoms with Crippen LogP contribution in [0.4, 0.5) is 5.69 Å². The first kappa shape index (κ1) is 17.3. The van der Waals surface area contributed by atoms with E-state index in [-0.39, 0.29) is 18.3 Å². The Morgan fingerprint density at radius 1 is 1.55 bits per heavy atom. The Labute approximate surface area is 134 Å². The van der Waals surface area contributed by atoms with Crippen LogP contribution in [0, 0.1) is 5.92 Å². The molecule has 1 heterocycles. The van der Waals surface area contributed by atoms with E-state index in [2.05, 4.69) is 15.9 Å². The maximum Gasteiger partial charge on any atom is 0.255 e. The second-order valence-electron chi connectivity index (χ2n) is 5.00. The quantitative estimate of drug-likeness (QED) is 0.840. The lowest BCUT2D eigenvalue weighted by Gasteiger charge is -2.27. The zero-order valence-corrected chi connectivity index (χ0v) is 13.9. The summed E-state index contributed by atoms with van der Waals surface area (Å²) in [6.07, 6.45) is 2.19. The van der Waals surface area contributed by atoms with E-state index >= 15 is 0 Å². The largest absolute Gasteiger partial charge is 0.398 e. The van der Waals surface area contributed by atoms with Crippen molar-refractivity contribution in [3.05, 3.63) is 28.2 Å². The number of nitrogens with two attached hydrogens (primary N) is 1. The fourth-order valence-corrected chi connectivity index (χ4v) is 2.73. The van der Waals surface area contributed by atoms with Crippen molar-refractivity contribution < 1.29 is 9.53 Å². The number of hydrogen-bond donors (Lipinski definition) is 1. The second kappa shape index (κ2) is 7.86. The van der Waals surface area contributed by atoms with E-state index in [1.807, 2.05) is 13.1 Å². The van der Waals surface area contributed by atoms with Crippen LogP contribution in [0.5, 0.6) is 0 Å². The molecule has 0 aliphatic carbocycles. The van der Waals surface area contributed by atoms with Gasteiger partial charge in [0.15, 0.2) is 0 Å². The Morgan fingerprint density at radius 3 is 2.90 bits per heavy atom. The number of anilines is 1. The lowest BCUT2D eigenvalue weighted by molar-refractivity contribution is 0.0389. The highest BCUT2D eigenvalue weighted by Crippen LogP contribution is 2.21. The van der Waals surface area contributed by atoms with E-state index in [1.54, 1.807) is 17.0 Å². The van der Waals surface area contributed by atoms with Gasteiger partial charge in [-0.3, -0.25) is 4.79 Å². The first-order valence-corrected chi connectivity index (χ1v) is 7.25. The third-order valence-electron chi connectivity index (χ3n) is 3.38. The minimum absolute atomic E-state index is 0. The van der Waals surface area contributed by atoms with Crippen molar-refractivity contribution in [1.29, 1.82) is 0 Å². The number of nitrogen functional groups attached to an aromatic ring is 1. The summed E-state index contributed by atoms with van der Waals surface area (Å²) in [4.78, 5) is 14.1. The van der Waals surface area contributed by atoms with Crippen LogP contribution in [-0.2, 0) is 4.74 Å². The molecule has 1 aliphatic heterocycles. The summed E-state index contributed by atoms with van der Waals surface area (Å²) in [6, 6.07) is 5.35. The molecule has 1 atom stereocenters. The third kappa shape index (κ3) is 4.36. The van der Waals surface area contributed by atoms with E-state index in [0.717, 1.165) is 30.5 Å². The smallest absolute Gasteiger partial charge is 0.255 e. The molecule has 112 valence electrons. The standard InChI is InChI=1S/C14H19BrN2O2.ClH/c1-17(8-10-3-2-6-19-9-10)14(18)12-5-4-11(15)7-13(12)16;/h4-5,7,10H,2-3,6,8-9,16H2,1H3;1H. The van der Waals surface area contributed by atoms with Gasteiger partial charge in [-0.25, -0.2) is 0 Å². The fourth-order valence-electron chi connectivity index (χ4n) is 2.36. The van der Waals surface area contributed by atoms with Crippen molar-refractivity contribution in [3.8, 4) is 0 Å². The summed E-state index contributed by atoms with van der Waals surface area (Å²) in [5, 5.41) is 0. The Kier molecular flexibility index (Phi) is 6.79. The Hall–Kier alpha value is -0.780. The number of benzene rings is 1. The number of rotatable bonds is 3. The minimum Gasteiger partial charge on any atom is -0.398 e. The first-order valence-electron chi connectivity index (χ1n) is 6.46. The third-order valence-corrected chi connectivity index (χ3v) is 3.87. The van der Waals surface area contributed by atoms with Gasteiger partial charge in [-0.15, -0.1) is 12.4 Å². The number of halogens is 2. The molecule has 1 saturated heterocycles. The van der Waals surface area contributed by atoms with Gasteiger partial charge < -0.3 is 15.4 Å². The number of nitrogens with zero attached hydrogens (tertiary/aromatic N) is 1. The number of hydrogen-bond acceptors (Lipinski definition) is 3. The van der Waals surface area contributed by atoms with Crippen LogP contribution in [0.3, 0.4) is 0 Å². The fraction of sp³-hybridized carbons (Fsp3) is 0.500. The van der Waals surface area contributed by atoms with Crippen LogP contribution in [-0.4, -0.2) is 37.6 Å². The molecule has 1 aromatic carbocycles. The van der Waals surface area contributed by atoms with E-state index in [4.69, 9.17) is 10.5 Å². The van der Waals surface area contributed by atoms with Crippen LogP contribution in [0.2, 0.25) is 0 Å². The summed E-state index contributed by atoms with van der Waals surface area (Å²) < 4.78 is 6.32. The average Bonchev–Trinajstić information content (AvgIpc) is 2.39. The number of carbonyl (C=O) groups is 1. The van der Waals surface area contributed by atoms with Gasteiger partial charge in [0, 0.05) is 30.4 Å². The SMILES string of the molecule is CN(CC1CCCOC1)C(=O)c1ccc(Br)cc1N.Cl. The molecule has 2 N–H and O–H groups in total. The van der Waals surface area contributed by atoms with Crippen molar-refractivity contribution in [2.75, 3.05) is 32.5 Å². The topological polar surface area (TPSA) is 55.6 Å². The predicted octanol–water partition coefficient (Wildman–Crippen LogP) is 2.95. The van der Waals surface area contributed by atoms with E-state index in [1.165, 1.54) is 0 Å². The van der Waals surface area contributed by atoms with Crippen molar-refractivity contribution >= 4 is 39.9 Å². The summed E-state index contributed by atoms with van der Waals surface area (Å²) in [5.74, 6) is 0.398. The molecule has 1 aromatic rings. The molecule has 1 amide bonds. The Balaban J connectivity index is 0.00000200. The van der Waals surface area contributed by atoms with Gasteiger partial charge in [-0.2, -0.15) is 0 Å². The molecule has 0 bridgehead atoms. The molecule has 6 heteroatoms. The maximum atomic E-state index is 12.3. The van der Waals surface area contributed by atoms with Crippen LogP contribution >= 0.6 is 28.3 Å². The van der Waals surface area contributed by atoms with Gasteiger partial charge in [0.05, 0.1) is 12.2 Å². The van der Waals surface area contributed by atoms with Crippen molar-refractivity contribution in [2.24, 2.45) is 5.92 Å². The van der Waals surface area contributed by atoms with Crippen LogP contribution in [0.25, 0.3) is 0 Å². The maximum absolute atomic E-state index is 12.3. The van der Waals surface area contributed by atoms with Crippen molar-refractivity contribution in [3.63, 3.8) is 0 Å². The molecule has 20 heavy (non-hydrogen) atoms.